The minimum absolute atomic E-state index is 0.102. The number of ether oxygens (including phenoxy) is 1. The average Bonchev–Trinajstić information content (AvgIpc) is 3.97. The van der Waals surface area contributed by atoms with Crippen molar-refractivity contribution in [3.05, 3.63) is 77.1 Å². The number of aldehydes is 1. The van der Waals surface area contributed by atoms with Gasteiger partial charge in [0.1, 0.15) is 18.0 Å². The number of hydrogen-bond acceptors (Lipinski definition) is 12. The number of fused-ring (bicyclic) bond motifs is 2. The monoisotopic (exact) mass is 858 g/mol. The third kappa shape index (κ3) is 10.8. The van der Waals surface area contributed by atoms with Crippen molar-refractivity contribution in [2.75, 3.05) is 49.0 Å². The Kier molecular flexibility index (Phi) is 15.3. The first-order valence-corrected chi connectivity index (χ1v) is 22.6. The van der Waals surface area contributed by atoms with Crippen LogP contribution in [-0.2, 0) is 25.7 Å². The first-order valence-electron chi connectivity index (χ1n) is 22.6. The zero-order chi connectivity index (χ0) is 44.3. The lowest BCUT2D eigenvalue weighted by Gasteiger charge is -2.43. The number of carbonyl (C=O) groups excluding carboxylic acids is 4. The molecule has 6 N–H and O–H groups in total. The van der Waals surface area contributed by atoms with Crippen LogP contribution in [0.1, 0.15) is 111 Å². The van der Waals surface area contributed by atoms with Gasteiger partial charge in [-0.15, -0.1) is 0 Å². The van der Waals surface area contributed by atoms with Gasteiger partial charge in [0.2, 0.25) is 17.8 Å². The molecular formula is C48H62N10O5. The summed E-state index contributed by atoms with van der Waals surface area (Å²) >= 11 is 0. The van der Waals surface area contributed by atoms with Crippen molar-refractivity contribution < 1.29 is 23.9 Å². The zero-order valence-electron chi connectivity index (χ0n) is 36.8. The molecule has 63 heavy (non-hydrogen) atoms. The van der Waals surface area contributed by atoms with Gasteiger partial charge in [-0.1, -0.05) is 49.8 Å². The lowest BCUT2D eigenvalue weighted by Crippen LogP contribution is -2.55. The van der Waals surface area contributed by atoms with E-state index in [-0.39, 0.29) is 36.6 Å². The Bertz CT molecular complexity index is 2190. The number of rotatable bonds is 18. The number of aromatic nitrogens is 2. The number of likely N-dealkylation sites (N-methyl/N-ethyl adjacent to an activating group) is 1. The van der Waals surface area contributed by atoms with Gasteiger partial charge in [-0.2, -0.15) is 4.98 Å². The number of anilines is 4. The van der Waals surface area contributed by atoms with Crippen LogP contribution in [0.3, 0.4) is 0 Å². The van der Waals surface area contributed by atoms with E-state index in [9.17, 15) is 19.2 Å². The van der Waals surface area contributed by atoms with Gasteiger partial charge in [0.25, 0.3) is 5.91 Å². The molecule has 0 radical (unpaired) electrons. The molecule has 2 aromatic carbocycles. The summed E-state index contributed by atoms with van der Waals surface area (Å²) in [5.74, 6) is 7.42. The SMILES string of the molecule is CC[C@@H]1C(=O)N(C)c2cnc(Nc3ccc(/C(N)=C/N[C@H]4CC[C@@H](NCCOCCC#Cc5cccc6c5CN(C(C=O)CCC(=O)NC)C6=O)CC4)cc3)nc2N1C1CCCC1. The molecule has 334 valence electrons. The predicted octanol–water partition coefficient (Wildman–Crippen LogP) is 4.98. The highest BCUT2D eigenvalue weighted by Crippen LogP contribution is 2.40. The lowest BCUT2D eigenvalue weighted by molar-refractivity contribution is -0.121. The molecule has 2 aliphatic heterocycles. The average molecular weight is 859 g/mol. The molecule has 15 heteroatoms. The predicted molar refractivity (Wildman–Crippen MR) is 245 cm³/mol. The maximum atomic E-state index is 13.2. The Balaban J connectivity index is 0.798. The zero-order valence-corrected chi connectivity index (χ0v) is 36.8. The first kappa shape index (κ1) is 45.1. The van der Waals surface area contributed by atoms with Crippen molar-refractivity contribution in [3.8, 4) is 11.8 Å². The fourth-order valence-corrected chi connectivity index (χ4v) is 9.23. The number of carbonyl (C=O) groups is 4. The van der Waals surface area contributed by atoms with Crippen LogP contribution in [0.5, 0.6) is 0 Å². The molecule has 0 spiro atoms. The van der Waals surface area contributed by atoms with Crippen molar-refractivity contribution in [2.24, 2.45) is 5.73 Å². The Hall–Kier alpha value is -5.98. The van der Waals surface area contributed by atoms with Gasteiger partial charge in [-0.25, -0.2) is 4.98 Å². The van der Waals surface area contributed by atoms with E-state index >= 15 is 0 Å². The van der Waals surface area contributed by atoms with E-state index in [1.807, 2.05) is 49.6 Å². The van der Waals surface area contributed by atoms with E-state index in [0.717, 1.165) is 91.7 Å². The fraction of sp³-hybridized carbons (Fsp3) is 0.500. The maximum Gasteiger partial charge on any atom is 0.255 e. The van der Waals surface area contributed by atoms with Gasteiger partial charge in [-0.3, -0.25) is 14.4 Å². The standard InChI is InChI=1S/C48H62N10O5/c1-4-42-47(62)56(3)43-29-53-48(55-45(43)58(42)37-12-5-6-13-37)54-36-17-15-33(16-18-36)41(49)28-52-35-21-19-34(20-22-35)51-25-27-63-26-8-7-10-32-11-9-14-39-40(32)30-57(46(39)61)38(31-59)23-24-44(60)50-2/h9,11,14-18,28-29,31,34-35,37-38,42,51-52H,4-6,8,12-13,19-27,30,49H2,1-3H3,(H,50,60)(H,53,54,55)/b41-28-/t34-,35+,38?,42-/m1/s1. The Morgan fingerprint density at radius 1 is 1.03 bits per heavy atom. The summed E-state index contributed by atoms with van der Waals surface area (Å²) < 4.78 is 5.85. The molecule has 3 amide bonds. The number of nitrogens with two attached hydrogens (primary N) is 1. The summed E-state index contributed by atoms with van der Waals surface area (Å²) in [6.07, 6.45) is 14.9. The van der Waals surface area contributed by atoms with Crippen molar-refractivity contribution in [2.45, 2.75) is 121 Å². The smallest absolute Gasteiger partial charge is 0.255 e. The van der Waals surface area contributed by atoms with Crippen LogP contribution in [0.25, 0.3) is 5.70 Å². The quantitative estimate of drug-likeness (QED) is 0.0658. The van der Waals surface area contributed by atoms with Crippen LogP contribution in [0.4, 0.5) is 23.1 Å². The van der Waals surface area contributed by atoms with Gasteiger partial charge in [-0.05, 0) is 86.8 Å². The van der Waals surface area contributed by atoms with Gasteiger partial charge in [0.15, 0.2) is 5.82 Å². The largest absolute Gasteiger partial charge is 0.397 e. The lowest BCUT2D eigenvalue weighted by atomic mass is 9.91. The van der Waals surface area contributed by atoms with E-state index in [1.54, 1.807) is 24.2 Å². The van der Waals surface area contributed by atoms with E-state index in [4.69, 9.17) is 15.5 Å². The molecule has 1 unspecified atom stereocenters. The second kappa shape index (κ2) is 21.4. The van der Waals surface area contributed by atoms with Crippen LogP contribution < -0.4 is 36.8 Å². The van der Waals surface area contributed by atoms with E-state index in [2.05, 4.69) is 49.9 Å². The minimum Gasteiger partial charge on any atom is -0.397 e. The van der Waals surface area contributed by atoms with Crippen molar-refractivity contribution >= 4 is 52.8 Å². The maximum absolute atomic E-state index is 13.2. The number of nitrogens with one attached hydrogen (secondary N) is 4. The van der Waals surface area contributed by atoms with Crippen LogP contribution in [0, 0.1) is 11.8 Å². The molecule has 0 bridgehead atoms. The number of nitrogens with zero attached hydrogens (tertiary/aromatic N) is 5. The van der Waals surface area contributed by atoms with E-state index in [0.29, 0.717) is 61.5 Å². The molecule has 0 saturated heterocycles. The van der Waals surface area contributed by atoms with Crippen molar-refractivity contribution in [1.29, 1.82) is 0 Å². The molecule has 2 aliphatic carbocycles. The van der Waals surface area contributed by atoms with Crippen molar-refractivity contribution in [1.82, 2.24) is 30.8 Å². The molecule has 3 heterocycles. The molecule has 4 aliphatic rings. The first-order chi connectivity index (χ1) is 30.7. The van der Waals surface area contributed by atoms with Gasteiger partial charge in [0.05, 0.1) is 31.1 Å². The Morgan fingerprint density at radius 3 is 2.52 bits per heavy atom. The van der Waals surface area contributed by atoms with Crippen LogP contribution in [0.2, 0.25) is 0 Å². The molecule has 3 aromatic rings. The van der Waals surface area contributed by atoms with Gasteiger partial charge >= 0.3 is 0 Å². The highest BCUT2D eigenvalue weighted by molar-refractivity contribution is 6.04. The highest BCUT2D eigenvalue weighted by atomic mass is 16.5. The summed E-state index contributed by atoms with van der Waals surface area (Å²) in [6.45, 7) is 4.24. The van der Waals surface area contributed by atoms with Crippen LogP contribution >= 0.6 is 0 Å². The normalized spacial score (nSPS) is 20.5. The Labute approximate surface area is 371 Å². The summed E-state index contributed by atoms with van der Waals surface area (Å²) in [4.78, 5) is 64.8. The minimum atomic E-state index is -0.663. The second-order valence-corrected chi connectivity index (χ2v) is 16.9. The van der Waals surface area contributed by atoms with Crippen LogP contribution in [0.15, 0.2) is 54.9 Å². The molecule has 2 atom stereocenters. The van der Waals surface area contributed by atoms with Crippen molar-refractivity contribution in [3.63, 3.8) is 0 Å². The second-order valence-electron chi connectivity index (χ2n) is 16.9. The third-order valence-corrected chi connectivity index (χ3v) is 12.9. The highest BCUT2D eigenvalue weighted by Gasteiger charge is 2.41. The molecule has 2 fully saturated rings. The third-order valence-electron chi connectivity index (χ3n) is 12.9. The number of amides is 3. The molecular weight excluding hydrogens is 797 g/mol. The number of benzene rings is 2. The summed E-state index contributed by atoms with van der Waals surface area (Å²) in [7, 11) is 3.36. The fourth-order valence-electron chi connectivity index (χ4n) is 9.23. The van der Waals surface area contributed by atoms with Gasteiger partial charge in [0, 0.05) is 81.2 Å². The molecule has 1 aromatic heterocycles. The molecule has 15 nitrogen and oxygen atoms in total. The van der Waals surface area contributed by atoms with E-state index in [1.165, 1.54) is 17.7 Å². The summed E-state index contributed by atoms with van der Waals surface area (Å²) in [6, 6.07) is 13.6. The summed E-state index contributed by atoms with van der Waals surface area (Å²) in [5, 5.41) is 13.1. The summed E-state index contributed by atoms with van der Waals surface area (Å²) in [5.41, 5.74) is 11.9. The topological polar surface area (TPSA) is 187 Å². The molecule has 7 rings (SSSR count). The van der Waals surface area contributed by atoms with Gasteiger partial charge < -0.3 is 51.2 Å². The Morgan fingerprint density at radius 2 is 1.79 bits per heavy atom. The number of hydrogen-bond donors (Lipinski definition) is 5. The van der Waals surface area contributed by atoms with Crippen LogP contribution in [-0.4, -0.2) is 103 Å². The van der Waals surface area contributed by atoms with E-state index < -0.39 is 6.04 Å². The molecule has 2 saturated carbocycles.